The van der Waals surface area contributed by atoms with Gasteiger partial charge in [0.15, 0.2) is 0 Å². The molecule has 1 heterocycles. The van der Waals surface area contributed by atoms with Gasteiger partial charge in [0, 0.05) is 18.0 Å². The molecule has 4 nitrogen and oxygen atoms in total. The Bertz CT molecular complexity index is 473. The number of nitrogens with zero attached hydrogens (tertiary/aromatic N) is 2. The first kappa shape index (κ1) is 11.5. The van der Waals surface area contributed by atoms with Crippen LogP contribution in [0.25, 0.3) is 0 Å². The van der Waals surface area contributed by atoms with E-state index in [1.807, 2.05) is 31.3 Å². The van der Waals surface area contributed by atoms with E-state index in [-0.39, 0.29) is 6.04 Å². The maximum absolute atomic E-state index is 5.36. The zero-order valence-corrected chi connectivity index (χ0v) is 9.92. The van der Waals surface area contributed by atoms with Gasteiger partial charge in [-0.15, -0.1) is 0 Å². The van der Waals surface area contributed by atoms with Crippen LogP contribution in [0.2, 0.25) is 0 Å². The second-order valence-corrected chi connectivity index (χ2v) is 3.59. The van der Waals surface area contributed by atoms with Crippen molar-refractivity contribution in [3.05, 3.63) is 54.1 Å². The molecule has 0 amide bonds. The molecule has 88 valence electrons. The van der Waals surface area contributed by atoms with Crippen LogP contribution in [0.5, 0.6) is 5.75 Å². The number of hydrogen-bond donors (Lipinski definition) is 1. The molecule has 4 heteroatoms. The largest absolute Gasteiger partial charge is 0.496 e. The molecule has 1 N–H and O–H groups in total. The molecule has 0 spiro atoms. The highest BCUT2D eigenvalue weighted by atomic mass is 16.5. The minimum atomic E-state index is -0.0140. The fourth-order valence-corrected chi connectivity index (χ4v) is 1.83. The summed E-state index contributed by atoms with van der Waals surface area (Å²) in [4.78, 5) is 8.41. The van der Waals surface area contributed by atoms with E-state index < -0.39 is 0 Å². The molecule has 2 aromatic rings. The van der Waals surface area contributed by atoms with E-state index in [9.17, 15) is 0 Å². The van der Waals surface area contributed by atoms with Gasteiger partial charge >= 0.3 is 0 Å². The van der Waals surface area contributed by atoms with E-state index >= 15 is 0 Å². The van der Waals surface area contributed by atoms with Gasteiger partial charge in [0.1, 0.15) is 5.75 Å². The Labute approximate surface area is 101 Å². The zero-order chi connectivity index (χ0) is 12.1. The molecule has 1 unspecified atom stereocenters. The normalized spacial score (nSPS) is 12.1. The molecule has 1 aromatic heterocycles. The number of hydrogen-bond acceptors (Lipinski definition) is 4. The Morgan fingerprint density at radius 2 is 2.06 bits per heavy atom. The molecule has 0 aliphatic heterocycles. The fourth-order valence-electron chi connectivity index (χ4n) is 1.83. The summed E-state index contributed by atoms with van der Waals surface area (Å²) >= 11 is 0. The molecule has 0 radical (unpaired) electrons. The molecule has 1 aromatic carbocycles. The SMILES string of the molecule is CNC(c1cnccn1)c1ccccc1OC. The predicted octanol–water partition coefficient (Wildman–Crippen LogP) is 1.79. The van der Waals surface area contributed by atoms with Gasteiger partial charge in [-0.05, 0) is 13.1 Å². The number of rotatable bonds is 4. The summed E-state index contributed by atoms with van der Waals surface area (Å²) in [5.74, 6) is 0.845. The molecular weight excluding hydrogens is 214 g/mol. The maximum atomic E-state index is 5.36. The maximum Gasteiger partial charge on any atom is 0.124 e. The van der Waals surface area contributed by atoms with Crippen molar-refractivity contribution in [2.75, 3.05) is 14.2 Å². The molecule has 2 rings (SSSR count). The van der Waals surface area contributed by atoms with Crippen LogP contribution in [0.3, 0.4) is 0 Å². The van der Waals surface area contributed by atoms with Crippen LogP contribution in [0.1, 0.15) is 17.3 Å². The van der Waals surface area contributed by atoms with Gasteiger partial charge in [-0.1, -0.05) is 18.2 Å². The van der Waals surface area contributed by atoms with Gasteiger partial charge < -0.3 is 10.1 Å². The van der Waals surface area contributed by atoms with E-state index in [2.05, 4.69) is 15.3 Å². The molecular formula is C13H15N3O. The summed E-state index contributed by atoms with van der Waals surface area (Å²) < 4.78 is 5.36. The summed E-state index contributed by atoms with van der Waals surface area (Å²) in [6, 6.07) is 7.88. The smallest absolute Gasteiger partial charge is 0.124 e. The third-order valence-corrected chi connectivity index (χ3v) is 2.62. The van der Waals surface area contributed by atoms with Crippen LogP contribution in [0.15, 0.2) is 42.9 Å². The predicted molar refractivity (Wildman–Crippen MR) is 65.9 cm³/mol. The molecule has 1 atom stereocenters. The van der Waals surface area contributed by atoms with Crippen molar-refractivity contribution < 1.29 is 4.74 Å². The van der Waals surface area contributed by atoms with Gasteiger partial charge in [0.05, 0.1) is 25.0 Å². The highest BCUT2D eigenvalue weighted by molar-refractivity contribution is 5.39. The molecule has 0 saturated carbocycles. The third kappa shape index (κ3) is 2.42. The minimum Gasteiger partial charge on any atom is -0.496 e. The first-order chi connectivity index (χ1) is 8.36. The van der Waals surface area contributed by atoms with E-state index in [0.29, 0.717) is 0 Å². The van der Waals surface area contributed by atoms with Gasteiger partial charge in [0.25, 0.3) is 0 Å². The lowest BCUT2D eigenvalue weighted by molar-refractivity contribution is 0.405. The minimum absolute atomic E-state index is 0.0140. The number of benzene rings is 1. The van der Waals surface area contributed by atoms with Crippen molar-refractivity contribution in [1.29, 1.82) is 0 Å². The fraction of sp³-hybridized carbons (Fsp3) is 0.231. The zero-order valence-electron chi connectivity index (χ0n) is 9.92. The lowest BCUT2D eigenvalue weighted by atomic mass is 10.0. The van der Waals surface area contributed by atoms with Crippen molar-refractivity contribution in [2.24, 2.45) is 0 Å². The summed E-state index contributed by atoms with van der Waals surface area (Å²) in [5.41, 5.74) is 1.93. The van der Waals surface area contributed by atoms with Crippen LogP contribution >= 0.6 is 0 Å². The van der Waals surface area contributed by atoms with Gasteiger partial charge in [-0.3, -0.25) is 9.97 Å². The lowest BCUT2D eigenvalue weighted by Gasteiger charge is -2.18. The Kier molecular flexibility index (Phi) is 3.67. The second kappa shape index (κ2) is 5.41. The highest BCUT2D eigenvalue weighted by Crippen LogP contribution is 2.27. The Morgan fingerprint density at radius 1 is 1.24 bits per heavy atom. The average molecular weight is 229 g/mol. The number of ether oxygens (including phenoxy) is 1. The number of methoxy groups -OCH3 is 1. The molecule has 0 bridgehead atoms. The first-order valence-electron chi connectivity index (χ1n) is 5.43. The van der Waals surface area contributed by atoms with Crippen LogP contribution in [-0.2, 0) is 0 Å². The quantitative estimate of drug-likeness (QED) is 0.868. The molecule has 0 aliphatic carbocycles. The van der Waals surface area contributed by atoms with Gasteiger partial charge in [-0.2, -0.15) is 0 Å². The Hall–Kier alpha value is -1.94. The Morgan fingerprint density at radius 3 is 2.71 bits per heavy atom. The van der Waals surface area contributed by atoms with Crippen LogP contribution in [-0.4, -0.2) is 24.1 Å². The van der Waals surface area contributed by atoms with Crippen molar-refractivity contribution in [3.8, 4) is 5.75 Å². The summed E-state index contributed by atoms with van der Waals surface area (Å²) in [6.45, 7) is 0. The van der Waals surface area contributed by atoms with Gasteiger partial charge in [0.2, 0.25) is 0 Å². The molecule has 0 aliphatic rings. The molecule has 17 heavy (non-hydrogen) atoms. The monoisotopic (exact) mass is 229 g/mol. The topological polar surface area (TPSA) is 47.0 Å². The number of nitrogens with one attached hydrogen (secondary N) is 1. The van der Waals surface area contributed by atoms with Crippen molar-refractivity contribution in [3.63, 3.8) is 0 Å². The average Bonchev–Trinajstić information content (AvgIpc) is 2.41. The van der Waals surface area contributed by atoms with Crippen molar-refractivity contribution in [2.45, 2.75) is 6.04 Å². The lowest BCUT2D eigenvalue weighted by Crippen LogP contribution is -2.19. The second-order valence-electron chi connectivity index (χ2n) is 3.59. The molecule has 0 saturated heterocycles. The summed E-state index contributed by atoms with van der Waals surface area (Å²) in [5, 5.41) is 3.23. The van der Waals surface area contributed by atoms with Crippen LogP contribution in [0.4, 0.5) is 0 Å². The van der Waals surface area contributed by atoms with E-state index in [1.165, 1.54) is 0 Å². The summed E-state index contributed by atoms with van der Waals surface area (Å²) in [7, 11) is 3.56. The van der Waals surface area contributed by atoms with Gasteiger partial charge in [-0.25, -0.2) is 0 Å². The molecule has 0 fully saturated rings. The Balaban J connectivity index is 2.42. The van der Waals surface area contributed by atoms with Crippen molar-refractivity contribution >= 4 is 0 Å². The van der Waals surface area contributed by atoms with E-state index in [4.69, 9.17) is 4.74 Å². The third-order valence-electron chi connectivity index (χ3n) is 2.62. The van der Waals surface area contributed by atoms with Crippen LogP contribution in [0, 0.1) is 0 Å². The first-order valence-corrected chi connectivity index (χ1v) is 5.43. The van der Waals surface area contributed by atoms with Crippen molar-refractivity contribution in [1.82, 2.24) is 15.3 Å². The number of aromatic nitrogens is 2. The van der Waals surface area contributed by atoms with E-state index in [1.54, 1.807) is 25.7 Å². The number of para-hydroxylation sites is 1. The highest BCUT2D eigenvalue weighted by Gasteiger charge is 2.17. The summed E-state index contributed by atoms with van der Waals surface area (Å²) in [6.07, 6.45) is 5.11. The van der Waals surface area contributed by atoms with Crippen LogP contribution < -0.4 is 10.1 Å². The standard InChI is InChI=1S/C13H15N3O/c1-14-13(11-9-15-7-8-16-11)10-5-3-4-6-12(10)17-2/h3-9,13-14H,1-2H3. The van der Waals surface area contributed by atoms with E-state index in [0.717, 1.165) is 17.0 Å².